The second kappa shape index (κ2) is 3.16. The first-order valence-corrected chi connectivity index (χ1v) is 5.58. The van der Waals surface area contributed by atoms with E-state index in [0.29, 0.717) is 12.1 Å². The van der Waals surface area contributed by atoms with Gasteiger partial charge in [-0.1, -0.05) is 0 Å². The Bertz CT molecular complexity index is 307. The van der Waals surface area contributed by atoms with E-state index in [1.54, 1.807) is 0 Å². The van der Waals surface area contributed by atoms with E-state index in [9.17, 15) is 0 Å². The second-order valence-corrected chi connectivity index (χ2v) is 6.82. The van der Waals surface area contributed by atoms with Crippen molar-refractivity contribution in [2.45, 2.75) is 34.1 Å². The van der Waals surface area contributed by atoms with E-state index in [1.165, 1.54) is 4.44 Å². The number of hydrogen-bond acceptors (Lipinski definition) is 0. The van der Waals surface area contributed by atoms with Gasteiger partial charge < -0.3 is 0 Å². The van der Waals surface area contributed by atoms with E-state index < -0.39 is 0 Å². The predicted octanol–water partition coefficient (Wildman–Crippen LogP) is 2.64. The summed E-state index contributed by atoms with van der Waals surface area (Å²) in [6.07, 6.45) is 0.964. The van der Waals surface area contributed by atoms with Crippen molar-refractivity contribution in [3.05, 3.63) is 21.0 Å². The Morgan fingerprint density at radius 2 is 2.09 bits per heavy atom. The molecule has 0 nitrogen and oxygen atoms in total. The monoisotopic (exact) mass is 218 g/mol. The molecule has 0 unspecified atom stereocenters. The summed E-state index contributed by atoms with van der Waals surface area (Å²) < 4.78 is 17.7. The zero-order valence-corrected chi connectivity index (χ0v) is 9.33. The number of hydrogen-bond donors (Lipinski definition) is 0. The van der Waals surface area contributed by atoms with Crippen LogP contribution in [0.5, 0.6) is 0 Å². The van der Waals surface area contributed by atoms with Gasteiger partial charge in [-0.15, -0.1) is 0 Å². The fourth-order valence-electron chi connectivity index (χ4n) is 0.956. The Labute approximate surface area is 78.2 Å². The zero-order chi connectivity index (χ0) is 10.2. The molecule has 11 heavy (non-hydrogen) atoms. The molecule has 0 atom stereocenters. The Kier molecular flexibility index (Phi) is 1.87. The second-order valence-electron chi connectivity index (χ2n) is 4.07. The van der Waals surface area contributed by atoms with E-state index in [2.05, 4.69) is 20.8 Å². The quantitative estimate of drug-likeness (QED) is 0.634. The van der Waals surface area contributed by atoms with Crippen molar-refractivity contribution in [2.75, 3.05) is 0 Å². The minimum absolute atomic E-state index is 0.244. The van der Waals surface area contributed by atoms with Gasteiger partial charge in [-0.3, -0.25) is 0 Å². The molecule has 0 aliphatic carbocycles. The number of rotatable bonds is 1. The van der Waals surface area contributed by atoms with E-state index in [1.807, 2.05) is 6.92 Å². The first kappa shape index (κ1) is 6.51. The van der Waals surface area contributed by atoms with Crippen LogP contribution >= 0.6 is 0 Å². The first-order chi connectivity index (χ1) is 5.81. The van der Waals surface area contributed by atoms with Gasteiger partial charge in [0.2, 0.25) is 0 Å². The normalized spacial score (nSPS) is 14.5. The molecule has 0 saturated heterocycles. The average molecular weight is 217 g/mol. The molecule has 0 radical (unpaired) electrons. The average Bonchev–Trinajstić information content (AvgIpc) is 2.15. The molecule has 0 aliphatic rings. The molecule has 0 bridgehead atoms. The van der Waals surface area contributed by atoms with Gasteiger partial charge >= 0.3 is 77.7 Å². The molecule has 0 N–H and O–H groups in total. The van der Waals surface area contributed by atoms with Crippen LogP contribution < -0.4 is 0 Å². The van der Waals surface area contributed by atoms with Crippen LogP contribution in [0.4, 0.5) is 0 Å². The standard InChI is InChI=1S/C10H16Se/c1-8-5-6-9(11-8)7-10(2,3)4/h5-6H,7H2,1-4H3/i5D,6D. The van der Waals surface area contributed by atoms with Gasteiger partial charge in [0.25, 0.3) is 0 Å². The van der Waals surface area contributed by atoms with Gasteiger partial charge in [-0.05, 0) is 0 Å². The zero-order valence-electron chi connectivity index (χ0n) is 9.62. The fraction of sp³-hybridized carbons (Fsp3) is 0.600. The molecule has 1 heteroatoms. The summed E-state index contributed by atoms with van der Waals surface area (Å²) in [6.45, 7) is 8.52. The topological polar surface area (TPSA) is 0 Å². The molecular weight excluding hydrogens is 199 g/mol. The van der Waals surface area contributed by atoms with Crippen LogP contribution in [0.15, 0.2) is 12.1 Å². The summed E-state index contributed by atoms with van der Waals surface area (Å²) in [5.74, 6) is 0. The summed E-state index contributed by atoms with van der Waals surface area (Å²) in [4.78, 5) is 0. The van der Waals surface area contributed by atoms with E-state index >= 15 is 0 Å². The maximum absolute atomic E-state index is 7.76. The van der Waals surface area contributed by atoms with Crippen molar-refractivity contribution in [1.82, 2.24) is 0 Å². The van der Waals surface area contributed by atoms with Crippen molar-refractivity contribution in [1.29, 1.82) is 0 Å². The molecule has 62 valence electrons. The van der Waals surface area contributed by atoms with Crippen LogP contribution in [0.3, 0.4) is 0 Å². The van der Waals surface area contributed by atoms with Crippen molar-refractivity contribution < 1.29 is 2.74 Å². The van der Waals surface area contributed by atoms with Crippen LogP contribution in [-0.2, 0) is 6.42 Å². The first-order valence-electron chi connectivity index (χ1n) is 4.87. The third kappa shape index (κ3) is 3.26. The molecule has 1 heterocycles. The molecule has 1 aromatic heterocycles. The molecule has 0 aromatic carbocycles. The van der Waals surface area contributed by atoms with Gasteiger partial charge in [-0.2, -0.15) is 0 Å². The molecule has 1 rings (SSSR count). The Morgan fingerprint density at radius 3 is 2.45 bits per heavy atom. The van der Waals surface area contributed by atoms with Crippen molar-refractivity contribution in [3.8, 4) is 0 Å². The van der Waals surface area contributed by atoms with Crippen LogP contribution in [0.25, 0.3) is 0 Å². The van der Waals surface area contributed by atoms with E-state index in [-0.39, 0.29) is 19.9 Å². The minimum atomic E-state index is 0.244. The SMILES string of the molecule is [2H]c1c(C)[se]c(CC(C)(C)C)c1[2H]. The van der Waals surface area contributed by atoms with Crippen LogP contribution in [0.2, 0.25) is 0 Å². The molecule has 1 aromatic rings. The summed E-state index contributed by atoms with van der Waals surface area (Å²) in [5, 5.41) is 0. The summed E-state index contributed by atoms with van der Waals surface area (Å²) in [6, 6.07) is 0.965. The molecule has 0 saturated carbocycles. The summed E-state index contributed by atoms with van der Waals surface area (Å²) >= 11 is 0.279. The third-order valence-electron chi connectivity index (χ3n) is 1.35. The molecule has 0 fully saturated rings. The Hall–Kier alpha value is -0.000519. The Morgan fingerprint density at radius 1 is 1.45 bits per heavy atom. The van der Waals surface area contributed by atoms with E-state index in [4.69, 9.17) is 2.74 Å². The van der Waals surface area contributed by atoms with Crippen molar-refractivity contribution >= 4 is 14.5 Å². The third-order valence-corrected chi connectivity index (χ3v) is 3.24. The summed E-state index contributed by atoms with van der Waals surface area (Å²) in [7, 11) is 0. The number of aryl methyl sites for hydroxylation is 1. The van der Waals surface area contributed by atoms with Crippen molar-refractivity contribution in [2.24, 2.45) is 5.41 Å². The van der Waals surface area contributed by atoms with Crippen molar-refractivity contribution in [3.63, 3.8) is 0 Å². The molecule has 0 spiro atoms. The van der Waals surface area contributed by atoms with Gasteiger partial charge in [0.15, 0.2) is 0 Å². The van der Waals surface area contributed by atoms with E-state index in [0.717, 1.165) is 10.9 Å². The fourth-order valence-corrected chi connectivity index (χ4v) is 3.22. The predicted molar refractivity (Wildman–Crippen MR) is 51.3 cm³/mol. The van der Waals surface area contributed by atoms with Crippen LogP contribution in [0.1, 0.15) is 32.4 Å². The molecule has 0 amide bonds. The maximum atomic E-state index is 7.76. The van der Waals surface area contributed by atoms with Crippen LogP contribution in [0, 0.1) is 12.3 Å². The van der Waals surface area contributed by atoms with Gasteiger partial charge in [-0.25, -0.2) is 0 Å². The van der Waals surface area contributed by atoms with Gasteiger partial charge in [0, 0.05) is 0 Å². The molecule has 0 aliphatic heterocycles. The van der Waals surface area contributed by atoms with Gasteiger partial charge in [0.05, 0.1) is 0 Å². The Balaban J connectivity index is 2.97. The van der Waals surface area contributed by atoms with Gasteiger partial charge in [0.1, 0.15) is 0 Å². The van der Waals surface area contributed by atoms with Crippen LogP contribution in [-0.4, -0.2) is 14.5 Å². The molecular formula is C10H16Se. The summed E-state index contributed by atoms with van der Waals surface area (Å²) in [5.41, 5.74) is 0.244.